The van der Waals surface area contributed by atoms with Crippen molar-refractivity contribution >= 4 is 0 Å². The fourth-order valence-electron chi connectivity index (χ4n) is 2.14. The van der Waals surface area contributed by atoms with E-state index in [1.54, 1.807) is 0 Å². The van der Waals surface area contributed by atoms with E-state index in [0.717, 1.165) is 37.5 Å². The van der Waals surface area contributed by atoms with E-state index < -0.39 is 0 Å². The number of aromatic nitrogens is 3. The molecule has 0 saturated carbocycles. The van der Waals surface area contributed by atoms with E-state index >= 15 is 0 Å². The van der Waals surface area contributed by atoms with Crippen LogP contribution in [-0.2, 0) is 19.4 Å². The molecule has 0 saturated heterocycles. The number of aliphatic hydroxyl groups is 1. The Kier molecular flexibility index (Phi) is 3.72. The lowest BCUT2D eigenvalue weighted by atomic mass is 10.1. The van der Waals surface area contributed by atoms with E-state index in [0.29, 0.717) is 0 Å². The maximum absolute atomic E-state index is 8.81. The minimum atomic E-state index is 0.238. The first-order chi connectivity index (χ1) is 7.42. The quantitative estimate of drug-likeness (QED) is 0.816. The Labute approximate surface area is 90.3 Å². The molecule has 0 radical (unpaired) electrons. The summed E-state index contributed by atoms with van der Waals surface area (Å²) in [6.45, 7) is 1.30. The molecule has 0 unspecified atom stereocenters. The zero-order valence-electron chi connectivity index (χ0n) is 9.15. The van der Waals surface area contributed by atoms with Crippen molar-refractivity contribution in [3.63, 3.8) is 0 Å². The number of aryl methyl sites for hydroxylation is 2. The Bertz CT molecular complexity index is 309. The smallest absolute Gasteiger partial charge is 0.133 e. The monoisotopic (exact) mass is 209 g/mol. The standard InChI is InChI=1S/C11H19N3O/c15-9-5-7-11-13-12-10-6-3-1-2-4-8-14(10)11/h15H,1-9H2. The van der Waals surface area contributed by atoms with Gasteiger partial charge in [-0.05, 0) is 19.3 Å². The average molecular weight is 209 g/mol. The van der Waals surface area contributed by atoms with Crippen molar-refractivity contribution in [3.8, 4) is 0 Å². The first kappa shape index (κ1) is 10.6. The molecule has 0 aromatic carbocycles. The fourth-order valence-corrected chi connectivity index (χ4v) is 2.14. The Morgan fingerprint density at radius 3 is 2.87 bits per heavy atom. The lowest BCUT2D eigenvalue weighted by Gasteiger charge is -2.12. The van der Waals surface area contributed by atoms with E-state index in [4.69, 9.17) is 5.11 Å². The van der Waals surface area contributed by atoms with E-state index in [1.165, 1.54) is 25.7 Å². The topological polar surface area (TPSA) is 50.9 Å². The molecule has 1 aromatic heterocycles. The van der Waals surface area contributed by atoms with Gasteiger partial charge in [-0.3, -0.25) is 0 Å². The summed E-state index contributed by atoms with van der Waals surface area (Å²) < 4.78 is 2.26. The largest absolute Gasteiger partial charge is 0.396 e. The molecule has 0 amide bonds. The summed E-state index contributed by atoms with van der Waals surface area (Å²) in [7, 11) is 0. The number of hydrogen-bond acceptors (Lipinski definition) is 3. The van der Waals surface area contributed by atoms with Crippen LogP contribution in [0.2, 0.25) is 0 Å². The highest BCUT2D eigenvalue weighted by atomic mass is 16.2. The number of aliphatic hydroxyl groups excluding tert-OH is 1. The highest BCUT2D eigenvalue weighted by Crippen LogP contribution is 2.15. The van der Waals surface area contributed by atoms with Gasteiger partial charge in [-0.25, -0.2) is 0 Å². The summed E-state index contributed by atoms with van der Waals surface area (Å²) in [5.41, 5.74) is 0. The van der Waals surface area contributed by atoms with Crippen LogP contribution in [0, 0.1) is 0 Å². The average Bonchev–Trinajstić information content (AvgIpc) is 2.57. The van der Waals surface area contributed by atoms with Gasteiger partial charge in [-0.15, -0.1) is 10.2 Å². The van der Waals surface area contributed by atoms with E-state index in [9.17, 15) is 0 Å². The first-order valence-electron chi connectivity index (χ1n) is 5.93. The van der Waals surface area contributed by atoms with E-state index in [-0.39, 0.29) is 6.61 Å². The molecular weight excluding hydrogens is 190 g/mol. The summed E-state index contributed by atoms with van der Waals surface area (Å²) in [6, 6.07) is 0. The van der Waals surface area contributed by atoms with Crippen molar-refractivity contribution in [2.75, 3.05) is 6.61 Å². The van der Waals surface area contributed by atoms with Crippen LogP contribution in [0.3, 0.4) is 0 Å². The summed E-state index contributed by atoms with van der Waals surface area (Å²) in [4.78, 5) is 0. The molecule has 2 rings (SSSR count). The molecule has 0 atom stereocenters. The minimum Gasteiger partial charge on any atom is -0.396 e. The SMILES string of the molecule is OCCCc1nnc2n1CCCCCC2. The summed E-state index contributed by atoms with van der Waals surface area (Å²) in [5.74, 6) is 2.20. The molecule has 15 heavy (non-hydrogen) atoms. The van der Waals surface area contributed by atoms with Crippen molar-refractivity contribution < 1.29 is 5.11 Å². The van der Waals surface area contributed by atoms with Gasteiger partial charge in [0.05, 0.1) is 0 Å². The second-order valence-electron chi connectivity index (χ2n) is 4.18. The molecule has 0 spiro atoms. The van der Waals surface area contributed by atoms with Crippen LogP contribution in [0.15, 0.2) is 0 Å². The van der Waals surface area contributed by atoms with Crippen molar-refractivity contribution in [2.24, 2.45) is 0 Å². The van der Waals surface area contributed by atoms with Gasteiger partial charge in [0.25, 0.3) is 0 Å². The molecule has 4 heteroatoms. The Morgan fingerprint density at radius 1 is 1.13 bits per heavy atom. The van der Waals surface area contributed by atoms with Crippen LogP contribution in [0.4, 0.5) is 0 Å². The molecule has 0 fully saturated rings. The second kappa shape index (κ2) is 5.26. The van der Waals surface area contributed by atoms with Crippen LogP contribution >= 0.6 is 0 Å². The van der Waals surface area contributed by atoms with Gasteiger partial charge in [0.1, 0.15) is 11.6 Å². The van der Waals surface area contributed by atoms with Crippen molar-refractivity contribution in [1.29, 1.82) is 0 Å². The minimum absolute atomic E-state index is 0.238. The van der Waals surface area contributed by atoms with Gasteiger partial charge in [-0.2, -0.15) is 0 Å². The lowest BCUT2D eigenvalue weighted by molar-refractivity contribution is 0.286. The molecule has 2 heterocycles. The van der Waals surface area contributed by atoms with Gasteiger partial charge in [-0.1, -0.05) is 12.8 Å². The van der Waals surface area contributed by atoms with Gasteiger partial charge < -0.3 is 9.67 Å². The normalized spacial score (nSPS) is 16.9. The highest BCUT2D eigenvalue weighted by Gasteiger charge is 2.12. The Hall–Kier alpha value is -0.900. The van der Waals surface area contributed by atoms with Crippen LogP contribution in [0.1, 0.15) is 43.8 Å². The third-order valence-electron chi connectivity index (χ3n) is 2.99. The van der Waals surface area contributed by atoms with Gasteiger partial charge in [0.2, 0.25) is 0 Å². The molecule has 0 aliphatic carbocycles. The third-order valence-corrected chi connectivity index (χ3v) is 2.99. The van der Waals surface area contributed by atoms with Crippen LogP contribution in [0.5, 0.6) is 0 Å². The summed E-state index contributed by atoms with van der Waals surface area (Å²) >= 11 is 0. The van der Waals surface area contributed by atoms with Crippen LogP contribution in [0.25, 0.3) is 0 Å². The summed E-state index contributed by atoms with van der Waals surface area (Å²) in [5, 5.41) is 17.3. The molecular formula is C11H19N3O. The Morgan fingerprint density at radius 2 is 2.00 bits per heavy atom. The van der Waals surface area contributed by atoms with Crippen molar-refractivity contribution in [2.45, 2.75) is 51.5 Å². The van der Waals surface area contributed by atoms with Gasteiger partial charge >= 0.3 is 0 Å². The zero-order chi connectivity index (χ0) is 10.5. The van der Waals surface area contributed by atoms with E-state index in [1.807, 2.05) is 0 Å². The molecule has 4 nitrogen and oxygen atoms in total. The molecule has 1 aliphatic rings. The van der Waals surface area contributed by atoms with Crippen molar-refractivity contribution in [1.82, 2.24) is 14.8 Å². The fraction of sp³-hybridized carbons (Fsp3) is 0.818. The van der Waals surface area contributed by atoms with Gasteiger partial charge in [0, 0.05) is 26.0 Å². The Balaban J connectivity index is 2.11. The molecule has 1 aliphatic heterocycles. The maximum Gasteiger partial charge on any atom is 0.133 e. The second-order valence-corrected chi connectivity index (χ2v) is 4.18. The van der Waals surface area contributed by atoms with Gasteiger partial charge in [0.15, 0.2) is 0 Å². The molecule has 0 bridgehead atoms. The third kappa shape index (κ3) is 2.56. The predicted molar refractivity (Wildman–Crippen MR) is 57.6 cm³/mol. The number of nitrogens with zero attached hydrogens (tertiary/aromatic N) is 3. The lowest BCUT2D eigenvalue weighted by Crippen LogP contribution is -2.11. The molecule has 1 N–H and O–H groups in total. The number of hydrogen-bond donors (Lipinski definition) is 1. The number of rotatable bonds is 3. The maximum atomic E-state index is 8.81. The highest BCUT2D eigenvalue weighted by molar-refractivity contribution is 4.97. The van der Waals surface area contributed by atoms with E-state index in [2.05, 4.69) is 14.8 Å². The predicted octanol–water partition coefficient (Wildman–Crippen LogP) is 1.32. The first-order valence-corrected chi connectivity index (χ1v) is 5.93. The van der Waals surface area contributed by atoms with Crippen LogP contribution < -0.4 is 0 Å². The molecule has 84 valence electrons. The number of fused-ring (bicyclic) bond motifs is 1. The van der Waals surface area contributed by atoms with Crippen LogP contribution in [-0.4, -0.2) is 26.5 Å². The van der Waals surface area contributed by atoms with Crippen molar-refractivity contribution in [3.05, 3.63) is 11.6 Å². The summed E-state index contributed by atoms with van der Waals surface area (Å²) in [6.07, 6.45) is 7.80. The zero-order valence-corrected chi connectivity index (χ0v) is 9.15. The molecule has 1 aromatic rings.